The van der Waals surface area contributed by atoms with Gasteiger partial charge in [0.1, 0.15) is 0 Å². The molecule has 0 aliphatic heterocycles. The molecule has 1 aliphatic carbocycles. The van der Waals surface area contributed by atoms with Gasteiger partial charge in [0.25, 0.3) is 0 Å². The number of aliphatic hydroxyl groups excluding tert-OH is 2. The van der Waals surface area contributed by atoms with E-state index in [1.165, 1.54) is 0 Å². The molecule has 0 aromatic carbocycles. The first-order chi connectivity index (χ1) is 4.61. The Labute approximate surface area is 60.5 Å². The molecule has 0 aromatic rings. The number of aliphatic hydroxyl groups is 2. The van der Waals surface area contributed by atoms with Crippen LogP contribution in [0.4, 0.5) is 0 Å². The quantitative estimate of drug-likeness (QED) is 0.517. The van der Waals surface area contributed by atoms with Crippen LogP contribution in [0.3, 0.4) is 0 Å². The molecular formula is C8H12O2. The maximum atomic E-state index is 9.20. The molecule has 10 heavy (non-hydrogen) atoms. The summed E-state index contributed by atoms with van der Waals surface area (Å²) in [6.07, 6.45) is -0.0717. The van der Waals surface area contributed by atoms with Crippen molar-refractivity contribution in [1.29, 1.82) is 0 Å². The first-order valence-electron chi connectivity index (χ1n) is 3.34. The van der Waals surface area contributed by atoms with Gasteiger partial charge in [-0.05, 0) is 17.6 Å². The lowest BCUT2D eigenvalue weighted by Crippen LogP contribution is -2.26. The van der Waals surface area contributed by atoms with Crippen molar-refractivity contribution in [2.75, 3.05) is 0 Å². The minimum absolute atomic E-state index is 0.401. The third-order valence-corrected chi connectivity index (χ3v) is 1.83. The summed E-state index contributed by atoms with van der Waals surface area (Å²) in [7, 11) is 0. The molecule has 2 N–H and O–H groups in total. The largest absolute Gasteiger partial charge is 0.393 e. The highest BCUT2D eigenvalue weighted by molar-refractivity contribution is 5.31. The Morgan fingerprint density at radius 1 is 1.30 bits per heavy atom. The van der Waals surface area contributed by atoms with Gasteiger partial charge in [0.05, 0.1) is 12.2 Å². The van der Waals surface area contributed by atoms with Gasteiger partial charge in [-0.15, -0.1) is 0 Å². The molecule has 0 amide bonds. The van der Waals surface area contributed by atoms with Gasteiger partial charge >= 0.3 is 0 Å². The van der Waals surface area contributed by atoms with Gasteiger partial charge in [-0.2, -0.15) is 0 Å². The molecule has 0 heterocycles. The Morgan fingerprint density at radius 3 is 2.40 bits per heavy atom. The number of rotatable bonds is 0. The van der Waals surface area contributed by atoms with Crippen LogP contribution in [0.25, 0.3) is 0 Å². The predicted molar refractivity (Wildman–Crippen MR) is 39.5 cm³/mol. The third-order valence-electron chi connectivity index (χ3n) is 1.83. The first kappa shape index (κ1) is 7.51. The van der Waals surface area contributed by atoms with E-state index in [9.17, 15) is 5.11 Å². The summed E-state index contributed by atoms with van der Waals surface area (Å²) < 4.78 is 0. The molecule has 0 aromatic heterocycles. The lowest BCUT2D eigenvalue weighted by atomic mass is 9.87. The van der Waals surface area contributed by atoms with Crippen LogP contribution >= 0.6 is 0 Å². The zero-order valence-electron chi connectivity index (χ0n) is 5.88. The summed E-state index contributed by atoms with van der Waals surface area (Å²) in [6.45, 7) is 7.33. The highest BCUT2D eigenvalue weighted by Crippen LogP contribution is 2.26. The summed E-state index contributed by atoms with van der Waals surface area (Å²) >= 11 is 0. The van der Waals surface area contributed by atoms with Crippen LogP contribution in [0.15, 0.2) is 24.3 Å². The zero-order chi connectivity index (χ0) is 7.72. The van der Waals surface area contributed by atoms with Gasteiger partial charge < -0.3 is 10.2 Å². The summed E-state index contributed by atoms with van der Waals surface area (Å²) in [6, 6.07) is 0. The van der Waals surface area contributed by atoms with Gasteiger partial charge in [-0.25, -0.2) is 0 Å². The van der Waals surface area contributed by atoms with Crippen molar-refractivity contribution >= 4 is 0 Å². The van der Waals surface area contributed by atoms with Crippen LogP contribution in [0.1, 0.15) is 12.8 Å². The van der Waals surface area contributed by atoms with Crippen molar-refractivity contribution < 1.29 is 10.2 Å². The first-order valence-corrected chi connectivity index (χ1v) is 3.34. The van der Waals surface area contributed by atoms with Crippen molar-refractivity contribution in [1.82, 2.24) is 0 Å². The molecule has 1 fully saturated rings. The Hall–Kier alpha value is -0.600. The van der Waals surface area contributed by atoms with Gasteiger partial charge in [-0.1, -0.05) is 13.2 Å². The highest BCUT2D eigenvalue weighted by Gasteiger charge is 2.23. The van der Waals surface area contributed by atoms with Crippen LogP contribution in [-0.2, 0) is 0 Å². The van der Waals surface area contributed by atoms with Crippen LogP contribution < -0.4 is 0 Å². The molecule has 2 heteroatoms. The topological polar surface area (TPSA) is 40.5 Å². The second-order valence-electron chi connectivity index (χ2n) is 2.74. The molecule has 2 nitrogen and oxygen atoms in total. The molecule has 0 bridgehead atoms. The summed E-state index contributed by atoms with van der Waals surface area (Å²) in [5.74, 6) is 0. The van der Waals surface area contributed by atoms with E-state index in [4.69, 9.17) is 5.11 Å². The standard InChI is InChI=1S/C8H12O2/c1-5-3-7(9)4-8(10)6(5)2/h7-10H,1-4H2/t7-,8-/m1/s1. The van der Waals surface area contributed by atoms with Crippen LogP contribution in [-0.4, -0.2) is 22.4 Å². The Balaban J connectivity index is 2.66. The summed E-state index contributed by atoms with van der Waals surface area (Å²) in [4.78, 5) is 0. The second-order valence-corrected chi connectivity index (χ2v) is 2.74. The monoisotopic (exact) mass is 140 g/mol. The zero-order valence-corrected chi connectivity index (χ0v) is 5.88. The molecule has 2 atom stereocenters. The van der Waals surface area contributed by atoms with Crippen LogP contribution in [0.5, 0.6) is 0 Å². The van der Waals surface area contributed by atoms with Crippen LogP contribution in [0.2, 0.25) is 0 Å². The van der Waals surface area contributed by atoms with Gasteiger partial charge in [0.2, 0.25) is 0 Å². The predicted octanol–water partition coefficient (Wildman–Crippen LogP) is 0.614. The summed E-state index contributed by atoms with van der Waals surface area (Å²) in [5.41, 5.74) is 1.44. The molecule has 0 radical (unpaired) electrons. The van der Waals surface area contributed by atoms with E-state index >= 15 is 0 Å². The van der Waals surface area contributed by atoms with E-state index in [1.807, 2.05) is 0 Å². The Bertz CT molecular complexity index is 172. The van der Waals surface area contributed by atoms with E-state index < -0.39 is 12.2 Å². The Morgan fingerprint density at radius 2 is 1.90 bits per heavy atom. The smallest absolute Gasteiger partial charge is 0.0811 e. The molecule has 0 saturated heterocycles. The van der Waals surface area contributed by atoms with E-state index in [-0.39, 0.29) is 0 Å². The molecule has 1 aliphatic rings. The average Bonchev–Trinajstić information content (AvgIpc) is 1.82. The normalized spacial score (nSPS) is 34.6. The van der Waals surface area contributed by atoms with E-state index in [2.05, 4.69) is 13.2 Å². The van der Waals surface area contributed by atoms with E-state index in [0.29, 0.717) is 18.4 Å². The van der Waals surface area contributed by atoms with Crippen molar-refractivity contribution in [2.24, 2.45) is 0 Å². The molecule has 56 valence electrons. The number of hydrogen-bond donors (Lipinski definition) is 2. The van der Waals surface area contributed by atoms with E-state index in [0.717, 1.165) is 5.57 Å². The third kappa shape index (κ3) is 1.28. The van der Waals surface area contributed by atoms with E-state index in [1.54, 1.807) is 0 Å². The molecule has 0 spiro atoms. The number of hydrogen-bond acceptors (Lipinski definition) is 2. The van der Waals surface area contributed by atoms with Crippen molar-refractivity contribution in [3.05, 3.63) is 24.3 Å². The fourth-order valence-electron chi connectivity index (χ4n) is 1.13. The minimum atomic E-state index is -0.587. The van der Waals surface area contributed by atoms with Crippen molar-refractivity contribution in [2.45, 2.75) is 25.0 Å². The van der Waals surface area contributed by atoms with Crippen molar-refractivity contribution in [3.8, 4) is 0 Å². The maximum absolute atomic E-state index is 9.20. The molecule has 1 saturated carbocycles. The van der Waals surface area contributed by atoms with Crippen molar-refractivity contribution in [3.63, 3.8) is 0 Å². The van der Waals surface area contributed by atoms with Gasteiger partial charge in [-0.3, -0.25) is 0 Å². The molecular weight excluding hydrogens is 128 g/mol. The highest BCUT2D eigenvalue weighted by atomic mass is 16.3. The maximum Gasteiger partial charge on any atom is 0.0811 e. The summed E-state index contributed by atoms with van der Waals surface area (Å²) in [5, 5.41) is 18.3. The average molecular weight is 140 g/mol. The minimum Gasteiger partial charge on any atom is -0.393 e. The lowest BCUT2D eigenvalue weighted by Gasteiger charge is -2.25. The van der Waals surface area contributed by atoms with Gasteiger partial charge in [0.15, 0.2) is 0 Å². The lowest BCUT2D eigenvalue weighted by molar-refractivity contribution is 0.0864. The molecule has 0 unspecified atom stereocenters. The fraction of sp³-hybridized carbons (Fsp3) is 0.500. The SMILES string of the molecule is C=C1C[C@@H](O)C[C@@H](O)C1=C. The Kier molecular flexibility index (Phi) is 1.92. The fourth-order valence-corrected chi connectivity index (χ4v) is 1.13. The second kappa shape index (κ2) is 2.56. The van der Waals surface area contributed by atoms with Gasteiger partial charge in [0, 0.05) is 6.42 Å². The van der Waals surface area contributed by atoms with Crippen LogP contribution in [0, 0.1) is 0 Å². The molecule has 1 rings (SSSR count).